The highest BCUT2D eigenvalue weighted by Gasteiger charge is 2.49. The second kappa shape index (κ2) is 8.00. The van der Waals surface area contributed by atoms with Crippen LogP contribution < -0.4 is 9.64 Å². The molecule has 0 radical (unpaired) electrons. The average Bonchev–Trinajstić information content (AvgIpc) is 3.05. The molecule has 2 fully saturated rings. The van der Waals surface area contributed by atoms with E-state index in [0.29, 0.717) is 17.3 Å². The predicted molar refractivity (Wildman–Crippen MR) is 106 cm³/mol. The zero-order chi connectivity index (χ0) is 18.7. The van der Waals surface area contributed by atoms with E-state index in [1.54, 1.807) is 7.11 Å². The number of carbonyl (C=O) groups is 1. The number of hydrogen-bond donors (Lipinski definition) is 0. The number of para-hydroxylation sites is 2. The highest BCUT2D eigenvalue weighted by molar-refractivity contribution is 8.16. The van der Waals surface area contributed by atoms with Crippen LogP contribution in [0.5, 0.6) is 5.75 Å². The first kappa shape index (κ1) is 19.2. The Labute approximate surface area is 158 Å². The first-order valence-electron chi connectivity index (χ1n) is 8.86. The van der Waals surface area contributed by atoms with Crippen molar-refractivity contribution in [1.82, 2.24) is 0 Å². The summed E-state index contributed by atoms with van der Waals surface area (Å²) in [5, 5.41) is 0.480. The van der Waals surface area contributed by atoms with Crippen LogP contribution in [0.25, 0.3) is 0 Å². The number of aliphatic imine (C=N–C) groups is 1. The van der Waals surface area contributed by atoms with Crippen molar-refractivity contribution in [2.45, 2.75) is 43.9 Å². The molecule has 1 aromatic rings. The molecule has 142 valence electrons. The molecule has 2 aliphatic heterocycles. The van der Waals surface area contributed by atoms with Crippen LogP contribution in [0.4, 0.5) is 5.69 Å². The van der Waals surface area contributed by atoms with E-state index in [1.807, 2.05) is 29.2 Å². The molecule has 0 spiro atoms. The summed E-state index contributed by atoms with van der Waals surface area (Å²) in [4.78, 5) is 18.5. The number of fused-ring (bicyclic) bond motifs is 1. The van der Waals surface area contributed by atoms with Gasteiger partial charge < -0.3 is 9.64 Å². The first-order chi connectivity index (χ1) is 12.4. The smallest absolute Gasteiger partial charge is 0.248 e. The number of nitrogens with zero attached hydrogens (tertiary/aromatic N) is 2. The van der Waals surface area contributed by atoms with Crippen molar-refractivity contribution in [2.75, 3.05) is 23.5 Å². The number of anilines is 1. The standard InChI is InChI=1S/C18H24N2O4S2/c1-3-4-5-10-17(21)19-18-20(13-8-6-7-9-15(13)24-2)14-11-26(22,23)12-16(14)25-18/h6-9,14,16H,3-5,10-12H2,1-2H3/t14-,16-/m1/s1. The molecule has 0 aromatic heterocycles. The number of benzene rings is 1. The summed E-state index contributed by atoms with van der Waals surface area (Å²) < 4.78 is 29.7. The number of thioether (sulfide) groups is 1. The van der Waals surface area contributed by atoms with Gasteiger partial charge in [0, 0.05) is 11.7 Å². The monoisotopic (exact) mass is 396 g/mol. The fourth-order valence-corrected chi connectivity index (χ4v) is 7.29. The minimum atomic E-state index is -3.08. The lowest BCUT2D eigenvalue weighted by molar-refractivity contribution is -0.117. The molecule has 2 saturated heterocycles. The zero-order valence-corrected chi connectivity index (χ0v) is 16.7. The van der Waals surface area contributed by atoms with Gasteiger partial charge in [0.15, 0.2) is 15.0 Å². The quantitative estimate of drug-likeness (QED) is 0.688. The van der Waals surface area contributed by atoms with E-state index >= 15 is 0 Å². The molecule has 0 aliphatic carbocycles. The minimum absolute atomic E-state index is 0.0752. The van der Waals surface area contributed by atoms with Crippen LogP contribution in [0.15, 0.2) is 29.3 Å². The van der Waals surface area contributed by atoms with Gasteiger partial charge in [-0.05, 0) is 18.6 Å². The number of amides is 1. The molecule has 0 bridgehead atoms. The van der Waals surface area contributed by atoms with Gasteiger partial charge in [0.05, 0.1) is 30.3 Å². The third-order valence-corrected chi connectivity index (χ3v) is 7.84. The maximum Gasteiger partial charge on any atom is 0.248 e. The highest BCUT2D eigenvalue weighted by atomic mass is 32.2. The van der Waals surface area contributed by atoms with E-state index in [-0.39, 0.29) is 28.7 Å². The van der Waals surface area contributed by atoms with Gasteiger partial charge in [-0.25, -0.2) is 8.42 Å². The zero-order valence-electron chi connectivity index (χ0n) is 15.1. The summed E-state index contributed by atoms with van der Waals surface area (Å²) in [5.74, 6) is 0.691. The van der Waals surface area contributed by atoms with Gasteiger partial charge in [0.2, 0.25) is 5.91 Å². The summed E-state index contributed by atoms with van der Waals surface area (Å²) in [6, 6.07) is 7.23. The number of carbonyl (C=O) groups excluding carboxylic acids is 1. The molecular formula is C18H24N2O4S2. The average molecular weight is 397 g/mol. The van der Waals surface area contributed by atoms with Crippen molar-refractivity contribution in [3.63, 3.8) is 0 Å². The van der Waals surface area contributed by atoms with Gasteiger partial charge in [-0.1, -0.05) is 43.7 Å². The topological polar surface area (TPSA) is 76.0 Å². The summed E-state index contributed by atoms with van der Waals surface area (Å²) in [6.07, 6.45) is 3.30. The van der Waals surface area contributed by atoms with Gasteiger partial charge in [-0.2, -0.15) is 4.99 Å². The van der Waals surface area contributed by atoms with Crippen LogP contribution >= 0.6 is 11.8 Å². The summed E-state index contributed by atoms with van der Waals surface area (Å²) in [6.45, 7) is 2.09. The fraction of sp³-hybridized carbons (Fsp3) is 0.556. The predicted octanol–water partition coefficient (Wildman–Crippen LogP) is 2.88. The Hall–Kier alpha value is -1.54. The third-order valence-electron chi connectivity index (χ3n) is 4.63. The lowest BCUT2D eigenvalue weighted by Gasteiger charge is -2.26. The minimum Gasteiger partial charge on any atom is -0.495 e. The van der Waals surface area contributed by atoms with Crippen LogP contribution in [0.3, 0.4) is 0 Å². The molecular weight excluding hydrogens is 372 g/mol. The molecule has 26 heavy (non-hydrogen) atoms. The maximum absolute atomic E-state index is 12.3. The van der Waals surface area contributed by atoms with E-state index in [0.717, 1.165) is 24.9 Å². The Bertz CT molecular complexity index is 807. The van der Waals surface area contributed by atoms with E-state index in [1.165, 1.54) is 11.8 Å². The maximum atomic E-state index is 12.3. The van der Waals surface area contributed by atoms with E-state index in [9.17, 15) is 13.2 Å². The van der Waals surface area contributed by atoms with Gasteiger partial charge in [0.25, 0.3) is 0 Å². The number of sulfone groups is 1. The second-order valence-electron chi connectivity index (χ2n) is 6.59. The molecule has 2 atom stereocenters. The van der Waals surface area contributed by atoms with Crippen LogP contribution in [-0.2, 0) is 14.6 Å². The number of unbranched alkanes of at least 4 members (excludes halogenated alkanes) is 2. The Kier molecular flexibility index (Phi) is 5.92. The normalized spacial score (nSPS) is 25.5. The molecule has 0 N–H and O–H groups in total. The molecule has 1 aromatic carbocycles. The van der Waals surface area contributed by atoms with Gasteiger partial charge >= 0.3 is 0 Å². The highest BCUT2D eigenvalue weighted by Crippen LogP contribution is 2.43. The van der Waals surface area contributed by atoms with Crippen molar-refractivity contribution >= 4 is 38.4 Å². The molecule has 3 rings (SSSR count). The SMILES string of the molecule is CCCCCC(=O)N=C1S[C@@H]2CS(=O)(=O)C[C@H]2N1c1ccccc1OC. The van der Waals surface area contributed by atoms with Crippen molar-refractivity contribution in [3.05, 3.63) is 24.3 Å². The molecule has 2 heterocycles. The van der Waals surface area contributed by atoms with Crippen molar-refractivity contribution in [3.8, 4) is 5.75 Å². The van der Waals surface area contributed by atoms with Crippen LogP contribution in [-0.4, -0.2) is 49.4 Å². The van der Waals surface area contributed by atoms with Crippen molar-refractivity contribution in [1.29, 1.82) is 0 Å². The van der Waals surface area contributed by atoms with Crippen LogP contribution in [0, 0.1) is 0 Å². The third kappa shape index (κ3) is 4.06. The Morgan fingerprint density at radius 2 is 2.08 bits per heavy atom. The summed E-state index contributed by atoms with van der Waals surface area (Å²) in [5.41, 5.74) is 0.757. The first-order valence-corrected chi connectivity index (χ1v) is 11.6. The van der Waals surface area contributed by atoms with Crippen LogP contribution in [0.2, 0.25) is 0 Å². The largest absolute Gasteiger partial charge is 0.495 e. The molecule has 0 saturated carbocycles. The molecule has 6 nitrogen and oxygen atoms in total. The lowest BCUT2D eigenvalue weighted by atomic mass is 10.2. The number of hydrogen-bond acceptors (Lipinski definition) is 5. The molecule has 2 aliphatic rings. The van der Waals surface area contributed by atoms with Crippen molar-refractivity contribution in [2.24, 2.45) is 4.99 Å². The number of ether oxygens (including phenoxy) is 1. The number of methoxy groups -OCH3 is 1. The summed E-state index contributed by atoms with van der Waals surface area (Å²) >= 11 is 1.39. The van der Waals surface area contributed by atoms with Crippen LogP contribution in [0.1, 0.15) is 32.6 Å². The number of amidine groups is 1. The lowest BCUT2D eigenvalue weighted by Crippen LogP contribution is -2.38. The molecule has 1 amide bonds. The number of rotatable bonds is 6. The van der Waals surface area contributed by atoms with Crippen molar-refractivity contribution < 1.29 is 17.9 Å². The van der Waals surface area contributed by atoms with E-state index in [2.05, 4.69) is 11.9 Å². The fourth-order valence-electron chi connectivity index (χ4n) is 3.36. The second-order valence-corrected chi connectivity index (χ2v) is 9.95. The van der Waals surface area contributed by atoms with Gasteiger partial charge in [-0.15, -0.1) is 0 Å². The Morgan fingerprint density at radius 3 is 2.81 bits per heavy atom. The Morgan fingerprint density at radius 1 is 1.31 bits per heavy atom. The molecule has 0 unspecified atom stereocenters. The van der Waals surface area contributed by atoms with E-state index in [4.69, 9.17) is 4.74 Å². The Balaban J connectivity index is 1.92. The van der Waals surface area contributed by atoms with Gasteiger partial charge in [0.1, 0.15) is 5.75 Å². The summed E-state index contributed by atoms with van der Waals surface area (Å²) in [7, 11) is -1.50. The van der Waals surface area contributed by atoms with E-state index < -0.39 is 9.84 Å². The molecule has 8 heteroatoms. The van der Waals surface area contributed by atoms with Gasteiger partial charge in [-0.3, -0.25) is 4.79 Å².